The number of aliphatic hydroxyl groups excluding tert-OH is 2. The van der Waals surface area contributed by atoms with Crippen LogP contribution in [0.5, 0.6) is 0 Å². The number of carbonyl (C=O) groups excluding carboxylic acids is 4. The number of ketones is 2. The maximum Gasteiger partial charge on any atom is 0.329 e. The fourth-order valence-electron chi connectivity index (χ4n) is 11.0. The summed E-state index contributed by atoms with van der Waals surface area (Å²) in [5.41, 5.74) is 1.66. The van der Waals surface area contributed by atoms with E-state index < -0.39 is 83.9 Å². The highest BCUT2D eigenvalue weighted by Gasteiger charge is 2.56. The van der Waals surface area contributed by atoms with Gasteiger partial charge in [-0.05, 0) is 113 Å². The monoisotopic (exact) mass is 968 g/mol. The summed E-state index contributed by atoms with van der Waals surface area (Å²) in [5, 5.41) is 36.1. The first-order valence-electron chi connectivity index (χ1n) is 24.8. The second-order valence-electron chi connectivity index (χ2n) is 20.2. The first kappa shape index (κ1) is 54.0. The molecule has 6 rings (SSSR count). The van der Waals surface area contributed by atoms with E-state index in [-0.39, 0.29) is 62.2 Å². The SMILES string of the molecule is CC[C@@H]1/C=C(\C)C[C@H](C)CC(OC)[C@H]2O[C@@](O)(C(=O)C(=O)N3CCCC[C@H]3C(=O)O[C@H](/C(C)=C/[C@@H]3CC[C@@H](OC[C@@H](O)c4cc5ccccc5s4)[C@H](OC)C3)[C@H](C)[C@@H](O)CC1=O)[C@H](C)C[C@@H]2OC. The molecule has 15 heteroatoms. The molecule has 1 amide bonds. The summed E-state index contributed by atoms with van der Waals surface area (Å²) in [6.45, 7) is 11.4. The predicted octanol–water partition coefficient (Wildman–Crippen LogP) is 7.45. The molecule has 2 saturated heterocycles. The summed E-state index contributed by atoms with van der Waals surface area (Å²) >= 11 is 1.55. The van der Waals surface area contributed by atoms with Crippen LogP contribution in [0.2, 0.25) is 0 Å². The summed E-state index contributed by atoms with van der Waals surface area (Å²) in [6.07, 6.45) is 3.38. The molecule has 378 valence electrons. The quantitative estimate of drug-likeness (QED) is 0.121. The Morgan fingerprint density at radius 2 is 1.65 bits per heavy atom. The molecule has 2 aromatic rings. The molecule has 3 aliphatic heterocycles. The molecule has 4 heterocycles. The molecule has 0 radical (unpaired) electrons. The van der Waals surface area contributed by atoms with E-state index in [1.807, 2.05) is 63.3 Å². The van der Waals surface area contributed by atoms with E-state index in [4.69, 9.17) is 28.4 Å². The van der Waals surface area contributed by atoms with Crippen LogP contribution in [0.1, 0.15) is 123 Å². The average Bonchev–Trinajstić information content (AvgIpc) is 3.78. The highest BCUT2D eigenvalue weighted by atomic mass is 32.1. The first-order chi connectivity index (χ1) is 32.4. The van der Waals surface area contributed by atoms with Crippen molar-refractivity contribution < 1.29 is 62.9 Å². The Bertz CT molecular complexity index is 2070. The van der Waals surface area contributed by atoms with Crippen molar-refractivity contribution in [2.45, 2.75) is 173 Å². The van der Waals surface area contributed by atoms with Gasteiger partial charge in [-0.3, -0.25) is 14.4 Å². The lowest BCUT2D eigenvalue weighted by atomic mass is 9.81. The van der Waals surface area contributed by atoms with Crippen molar-refractivity contribution in [3.05, 3.63) is 58.5 Å². The molecule has 1 unspecified atom stereocenters. The fraction of sp³-hybridized carbons (Fsp3) is 0.698. The summed E-state index contributed by atoms with van der Waals surface area (Å²) in [4.78, 5) is 59.3. The maximum absolute atomic E-state index is 14.6. The number of allylic oxidation sites excluding steroid dienone is 3. The Morgan fingerprint density at radius 3 is 2.34 bits per heavy atom. The molecule has 1 saturated carbocycles. The molecule has 1 aromatic carbocycles. The van der Waals surface area contributed by atoms with Gasteiger partial charge in [-0.2, -0.15) is 0 Å². The van der Waals surface area contributed by atoms with Crippen molar-refractivity contribution in [1.82, 2.24) is 4.90 Å². The molecule has 1 aliphatic carbocycles. The van der Waals surface area contributed by atoms with Crippen LogP contribution in [-0.2, 0) is 47.6 Å². The van der Waals surface area contributed by atoms with Crippen LogP contribution in [0.4, 0.5) is 0 Å². The van der Waals surface area contributed by atoms with Crippen LogP contribution < -0.4 is 0 Å². The Labute approximate surface area is 406 Å². The van der Waals surface area contributed by atoms with E-state index in [1.165, 1.54) is 19.1 Å². The Balaban J connectivity index is 1.27. The second kappa shape index (κ2) is 24.2. The maximum atomic E-state index is 14.6. The van der Waals surface area contributed by atoms with E-state index in [9.17, 15) is 34.5 Å². The van der Waals surface area contributed by atoms with Crippen molar-refractivity contribution in [2.75, 3.05) is 34.5 Å². The zero-order valence-corrected chi connectivity index (χ0v) is 42.4. The molecular weight excluding hydrogens is 891 g/mol. The number of methoxy groups -OCH3 is 3. The lowest BCUT2D eigenvalue weighted by Gasteiger charge is -2.47. The highest BCUT2D eigenvalue weighted by molar-refractivity contribution is 7.19. The molecule has 3 fully saturated rings. The second-order valence-corrected chi connectivity index (χ2v) is 21.3. The van der Waals surface area contributed by atoms with Gasteiger partial charge in [0, 0.05) is 61.6 Å². The molecule has 68 heavy (non-hydrogen) atoms. The number of hydrogen-bond donors (Lipinski definition) is 3. The van der Waals surface area contributed by atoms with Crippen molar-refractivity contribution in [3.8, 4) is 0 Å². The van der Waals surface area contributed by atoms with Gasteiger partial charge in [0.15, 0.2) is 0 Å². The topological polar surface area (TPSA) is 188 Å². The van der Waals surface area contributed by atoms with Gasteiger partial charge in [0.05, 0.1) is 37.1 Å². The number of nitrogens with zero attached hydrogens (tertiary/aromatic N) is 1. The van der Waals surface area contributed by atoms with Crippen LogP contribution in [0.25, 0.3) is 10.1 Å². The number of benzene rings is 1. The summed E-state index contributed by atoms with van der Waals surface area (Å²) < 4.78 is 37.8. The van der Waals surface area contributed by atoms with Gasteiger partial charge in [-0.25, -0.2) is 4.79 Å². The van der Waals surface area contributed by atoms with Crippen LogP contribution in [0.15, 0.2) is 53.6 Å². The fourth-order valence-corrected chi connectivity index (χ4v) is 12.1. The summed E-state index contributed by atoms with van der Waals surface area (Å²) in [7, 11) is 4.71. The van der Waals surface area contributed by atoms with Crippen molar-refractivity contribution >= 4 is 44.9 Å². The third kappa shape index (κ3) is 12.6. The van der Waals surface area contributed by atoms with Gasteiger partial charge in [-0.15, -0.1) is 11.3 Å². The van der Waals surface area contributed by atoms with E-state index in [2.05, 4.69) is 6.92 Å². The van der Waals surface area contributed by atoms with Gasteiger partial charge in [-0.1, -0.05) is 63.6 Å². The van der Waals surface area contributed by atoms with E-state index in [1.54, 1.807) is 32.3 Å². The van der Waals surface area contributed by atoms with Gasteiger partial charge < -0.3 is 48.6 Å². The number of esters is 1. The van der Waals surface area contributed by atoms with Crippen molar-refractivity contribution in [2.24, 2.45) is 29.6 Å². The van der Waals surface area contributed by atoms with Crippen LogP contribution in [-0.4, -0.2) is 133 Å². The normalized spacial score (nSPS) is 36.9. The van der Waals surface area contributed by atoms with E-state index >= 15 is 0 Å². The van der Waals surface area contributed by atoms with Crippen LogP contribution >= 0.6 is 11.3 Å². The largest absolute Gasteiger partial charge is 0.456 e. The van der Waals surface area contributed by atoms with Gasteiger partial charge in [0.2, 0.25) is 5.79 Å². The Hall–Kier alpha value is -3.38. The lowest BCUT2D eigenvalue weighted by Crippen LogP contribution is -2.64. The molecule has 2 bridgehead atoms. The molecule has 3 N–H and O–H groups in total. The third-order valence-electron chi connectivity index (χ3n) is 15.1. The predicted molar refractivity (Wildman–Crippen MR) is 259 cm³/mol. The van der Waals surface area contributed by atoms with Gasteiger partial charge in [0.25, 0.3) is 11.7 Å². The number of ether oxygens (including phenoxy) is 6. The Kier molecular flexibility index (Phi) is 19.2. The number of Topliss-reactive ketones (excluding diaryl/α,β-unsaturated/α-hetero) is 2. The van der Waals surface area contributed by atoms with E-state index in [0.29, 0.717) is 56.9 Å². The molecule has 0 spiro atoms. The zero-order valence-electron chi connectivity index (χ0n) is 41.6. The standard InChI is InChI=1S/C53H77NO13S/c1-10-36-22-30(2)21-31(3)23-44(63-8)49-45(64-9)25-33(5)53(61,67-49)50(58)51(59)54-20-14-13-16-38(54)52(60)66-48(34(6)39(55)28-40(36)56)32(4)24-35-18-19-42(43(26-35)62-7)65-29-41(57)47-27-37-15-11-12-17-46(37)68-47/h11-12,15,17,22,24,27,31,33-36,38-39,41-45,48-49,55,57,61H,10,13-14,16,18-21,23,25-26,28-29H2,1-9H3/b30-22+,32-24+/t31-,33+,34+,35-,36+,38-,39-,41+,42+,43+,44?,45-,48+,49+,53+/m0/s1. The van der Waals surface area contributed by atoms with E-state index in [0.717, 1.165) is 20.5 Å². The van der Waals surface area contributed by atoms with Crippen LogP contribution in [0, 0.1) is 29.6 Å². The number of hydrogen-bond acceptors (Lipinski definition) is 14. The smallest absolute Gasteiger partial charge is 0.329 e. The number of fused-ring (bicyclic) bond motifs is 4. The summed E-state index contributed by atoms with van der Waals surface area (Å²) in [6, 6.07) is 8.85. The number of rotatable bonds is 10. The molecular formula is C53H77NO13S. The Morgan fingerprint density at radius 1 is 0.941 bits per heavy atom. The van der Waals surface area contributed by atoms with Crippen LogP contribution in [0.3, 0.4) is 0 Å². The number of thiophene rings is 1. The molecule has 15 atom stereocenters. The molecule has 14 nitrogen and oxygen atoms in total. The molecule has 1 aromatic heterocycles. The average molecular weight is 968 g/mol. The minimum Gasteiger partial charge on any atom is -0.456 e. The zero-order chi connectivity index (χ0) is 49.4. The number of piperidine rings is 1. The minimum atomic E-state index is -2.52. The number of cyclic esters (lactones) is 1. The lowest BCUT2D eigenvalue weighted by molar-refractivity contribution is -0.302. The first-order valence-corrected chi connectivity index (χ1v) is 25.6. The number of carbonyl (C=O) groups is 4. The van der Waals surface area contributed by atoms with Crippen molar-refractivity contribution in [1.29, 1.82) is 0 Å². The van der Waals surface area contributed by atoms with Gasteiger partial charge in [0.1, 0.15) is 30.1 Å². The minimum absolute atomic E-state index is 0.0227. The summed E-state index contributed by atoms with van der Waals surface area (Å²) in [5.74, 6) is -7.63. The third-order valence-corrected chi connectivity index (χ3v) is 16.3. The number of aliphatic hydroxyl groups is 3. The highest BCUT2D eigenvalue weighted by Crippen LogP contribution is 2.40. The van der Waals surface area contributed by atoms with Gasteiger partial charge >= 0.3 is 5.97 Å². The molecule has 4 aliphatic rings. The number of amides is 1. The van der Waals surface area contributed by atoms with Crippen molar-refractivity contribution in [3.63, 3.8) is 0 Å².